The van der Waals surface area contributed by atoms with Crippen LogP contribution in [0.2, 0.25) is 0 Å². The molecule has 98 valence electrons. The summed E-state index contributed by atoms with van der Waals surface area (Å²) in [6, 6.07) is 6.37. The van der Waals surface area contributed by atoms with Gasteiger partial charge < -0.3 is 10.0 Å². The highest BCUT2D eigenvalue weighted by molar-refractivity contribution is 5.78. The molecule has 3 nitrogen and oxygen atoms in total. The summed E-state index contributed by atoms with van der Waals surface area (Å²) in [4.78, 5) is 13.6. The number of carbonyl (C=O) groups is 1. The molecule has 1 amide bonds. The lowest BCUT2D eigenvalue weighted by Crippen LogP contribution is -2.34. The molecule has 1 aliphatic rings. The fourth-order valence-electron chi connectivity index (χ4n) is 2.54. The normalized spacial score (nSPS) is 15.3. The van der Waals surface area contributed by atoms with Gasteiger partial charge in [0.25, 0.3) is 0 Å². The maximum atomic E-state index is 12.0. The fourth-order valence-corrected chi connectivity index (χ4v) is 2.54. The second kappa shape index (κ2) is 5.53. The molecule has 0 saturated heterocycles. The van der Waals surface area contributed by atoms with E-state index in [2.05, 4.69) is 18.2 Å². The summed E-state index contributed by atoms with van der Waals surface area (Å²) < 4.78 is 0. The number of carbonyl (C=O) groups excluding carboxylic acids is 1. The first-order valence-electron chi connectivity index (χ1n) is 6.59. The number of aliphatic hydroxyl groups is 1. The molecule has 0 heterocycles. The molecule has 0 bridgehead atoms. The topological polar surface area (TPSA) is 40.5 Å². The largest absolute Gasteiger partial charge is 0.392 e. The zero-order valence-corrected chi connectivity index (χ0v) is 11.1. The molecule has 1 aromatic rings. The maximum Gasteiger partial charge on any atom is 0.226 e. The van der Waals surface area contributed by atoms with Gasteiger partial charge in [-0.2, -0.15) is 0 Å². The van der Waals surface area contributed by atoms with Crippen LogP contribution in [0.3, 0.4) is 0 Å². The smallest absolute Gasteiger partial charge is 0.226 e. The van der Waals surface area contributed by atoms with Crippen molar-refractivity contribution in [2.45, 2.75) is 38.7 Å². The van der Waals surface area contributed by atoms with Gasteiger partial charge in [-0.15, -0.1) is 0 Å². The third-order valence-electron chi connectivity index (χ3n) is 3.48. The molecule has 1 N–H and O–H groups in total. The highest BCUT2D eigenvalue weighted by Gasteiger charge is 2.14. The fraction of sp³-hybridized carbons (Fsp3) is 0.533. The van der Waals surface area contributed by atoms with Crippen LogP contribution >= 0.6 is 0 Å². The summed E-state index contributed by atoms with van der Waals surface area (Å²) in [7, 11) is 1.74. The van der Waals surface area contributed by atoms with Gasteiger partial charge in [-0.3, -0.25) is 4.79 Å². The van der Waals surface area contributed by atoms with Crippen molar-refractivity contribution in [3.63, 3.8) is 0 Å². The number of nitrogens with zero attached hydrogens (tertiary/aromatic N) is 1. The molecule has 1 aliphatic carbocycles. The molecule has 18 heavy (non-hydrogen) atoms. The predicted octanol–water partition coefficient (Wildman–Crippen LogP) is 1.56. The van der Waals surface area contributed by atoms with E-state index < -0.39 is 6.10 Å². The summed E-state index contributed by atoms with van der Waals surface area (Å²) in [5.41, 5.74) is 3.92. The van der Waals surface area contributed by atoms with E-state index in [9.17, 15) is 9.90 Å². The number of aryl methyl sites for hydroxylation is 2. The van der Waals surface area contributed by atoms with E-state index in [0.29, 0.717) is 13.0 Å². The van der Waals surface area contributed by atoms with Crippen molar-refractivity contribution in [1.29, 1.82) is 0 Å². The van der Waals surface area contributed by atoms with Gasteiger partial charge in [0.2, 0.25) is 5.91 Å². The Labute approximate surface area is 108 Å². The van der Waals surface area contributed by atoms with Crippen molar-refractivity contribution in [3.8, 4) is 0 Å². The van der Waals surface area contributed by atoms with Crippen LogP contribution in [-0.4, -0.2) is 35.6 Å². The second-order valence-electron chi connectivity index (χ2n) is 5.26. The van der Waals surface area contributed by atoms with E-state index in [-0.39, 0.29) is 5.91 Å². The van der Waals surface area contributed by atoms with Crippen LogP contribution < -0.4 is 0 Å². The molecule has 3 heteroatoms. The van der Waals surface area contributed by atoms with Crippen molar-refractivity contribution in [3.05, 3.63) is 34.9 Å². The lowest BCUT2D eigenvalue weighted by Gasteiger charge is -2.19. The number of fused-ring (bicyclic) bond motifs is 1. The molecule has 1 unspecified atom stereocenters. The average Bonchev–Trinajstić information content (AvgIpc) is 2.75. The average molecular weight is 247 g/mol. The zero-order chi connectivity index (χ0) is 13.1. The molecule has 0 aliphatic heterocycles. The molecular weight excluding hydrogens is 226 g/mol. The summed E-state index contributed by atoms with van der Waals surface area (Å²) >= 11 is 0. The van der Waals surface area contributed by atoms with E-state index in [0.717, 1.165) is 12.0 Å². The monoisotopic (exact) mass is 247 g/mol. The van der Waals surface area contributed by atoms with Crippen LogP contribution in [-0.2, 0) is 24.1 Å². The number of hydrogen-bond acceptors (Lipinski definition) is 2. The third-order valence-corrected chi connectivity index (χ3v) is 3.48. The quantitative estimate of drug-likeness (QED) is 0.877. The number of rotatable bonds is 4. The molecule has 0 radical (unpaired) electrons. The summed E-state index contributed by atoms with van der Waals surface area (Å²) in [6.45, 7) is 2.09. The minimum atomic E-state index is -0.473. The maximum absolute atomic E-state index is 12.0. The lowest BCUT2D eigenvalue weighted by molar-refractivity contribution is -0.130. The third kappa shape index (κ3) is 3.10. The van der Waals surface area contributed by atoms with Gasteiger partial charge >= 0.3 is 0 Å². The van der Waals surface area contributed by atoms with E-state index in [1.165, 1.54) is 24.0 Å². The Morgan fingerprint density at radius 3 is 2.83 bits per heavy atom. The van der Waals surface area contributed by atoms with Crippen molar-refractivity contribution >= 4 is 5.91 Å². The van der Waals surface area contributed by atoms with Crippen molar-refractivity contribution in [1.82, 2.24) is 4.90 Å². The Hall–Kier alpha value is -1.35. The number of aliphatic hydroxyl groups excluding tert-OH is 1. The van der Waals surface area contributed by atoms with Gasteiger partial charge in [0.15, 0.2) is 0 Å². The minimum absolute atomic E-state index is 0.0637. The molecule has 1 atom stereocenters. The van der Waals surface area contributed by atoms with E-state index in [1.807, 2.05) is 0 Å². The Morgan fingerprint density at radius 2 is 2.11 bits per heavy atom. The first-order valence-corrected chi connectivity index (χ1v) is 6.59. The van der Waals surface area contributed by atoms with Gasteiger partial charge in [0.05, 0.1) is 12.5 Å². The molecular formula is C15H21NO2. The summed E-state index contributed by atoms with van der Waals surface area (Å²) in [6.07, 6.45) is 3.50. The molecule has 2 rings (SSSR count). The first-order chi connectivity index (χ1) is 8.56. The van der Waals surface area contributed by atoms with Gasteiger partial charge in [-0.25, -0.2) is 0 Å². The molecule has 0 saturated carbocycles. The van der Waals surface area contributed by atoms with Crippen molar-refractivity contribution in [2.24, 2.45) is 0 Å². The highest BCUT2D eigenvalue weighted by atomic mass is 16.3. The number of amides is 1. The Balaban J connectivity index is 1.99. The summed E-state index contributed by atoms with van der Waals surface area (Å²) in [5.74, 6) is 0.0637. The van der Waals surface area contributed by atoms with Crippen LogP contribution in [0.1, 0.15) is 30.0 Å². The number of benzene rings is 1. The summed E-state index contributed by atoms with van der Waals surface area (Å²) in [5, 5.41) is 9.27. The molecule has 0 spiro atoms. The van der Waals surface area contributed by atoms with Crippen LogP contribution in [0.15, 0.2) is 18.2 Å². The van der Waals surface area contributed by atoms with Gasteiger partial charge in [-0.05, 0) is 42.9 Å². The zero-order valence-electron chi connectivity index (χ0n) is 11.1. The molecule has 0 fully saturated rings. The Morgan fingerprint density at radius 1 is 1.39 bits per heavy atom. The van der Waals surface area contributed by atoms with Crippen molar-refractivity contribution in [2.75, 3.05) is 13.6 Å². The second-order valence-corrected chi connectivity index (χ2v) is 5.26. The number of hydrogen-bond donors (Lipinski definition) is 1. The van der Waals surface area contributed by atoms with Crippen LogP contribution in [0.4, 0.5) is 0 Å². The van der Waals surface area contributed by atoms with Crippen LogP contribution in [0, 0.1) is 0 Å². The van der Waals surface area contributed by atoms with Gasteiger partial charge in [0.1, 0.15) is 0 Å². The first kappa shape index (κ1) is 13.1. The van der Waals surface area contributed by atoms with E-state index in [4.69, 9.17) is 0 Å². The molecule has 1 aromatic carbocycles. The Bertz CT molecular complexity index is 440. The minimum Gasteiger partial charge on any atom is -0.392 e. The predicted molar refractivity (Wildman–Crippen MR) is 71.5 cm³/mol. The van der Waals surface area contributed by atoms with Crippen molar-refractivity contribution < 1.29 is 9.90 Å². The van der Waals surface area contributed by atoms with E-state index >= 15 is 0 Å². The van der Waals surface area contributed by atoms with Gasteiger partial charge in [-0.1, -0.05) is 18.2 Å². The van der Waals surface area contributed by atoms with E-state index in [1.54, 1.807) is 18.9 Å². The SMILES string of the molecule is CC(O)CN(C)C(=O)Cc1ccc2c(c1)CCC2. The number of likely N-dealkylation sites (N-methyl/N-ethyl adjacent to an activating group) is 1. The van der Waals surface area contributed by atoms with Gasteiger partial charge in [0, 0.05) is 13.6 Å². The highest BCUT2D eigenvalue weighted by Crippen LogP contribution is 2.23. The van der Waals surface area contributed by atoms with Crippen LogP contribution in [0.25, 0.3) is 0 Å². The Kier molecular flexibility index (Phi) is 4.02. The molecule has 0 aromatic heterocycles. The lowest BCUT2D eigenvalue weighted by atomic mass is 10.0. The van der Waals surface area contributed by atoms with Crippen LogP contribution in [0.5, 0.6) is 0 Å². The standard InChI is InChI=1S/C15H21NO2/c1-11(17)10-16(2)15(18)9-12-6-7-13-4-3-5-14(13)8-12/h6-8,11,17H,3-5,9-10H2,1-2H3.